The summed E-state index contributed by atoms with van der Waals surface area (Å²) in [4.78, 5) is 24.2. The molecule has 0 radical (unpaired) electrons. The van der Waals surface area contributed by atoms with Crippen LogP contribution in [0.15, 0.2) is 28.8 Å². The first-order valence-electron chi connectivity index (χ1n) is 12.1. The molecule has 2 atom stereocenters. The first kappa shape index (κ1) is 24.4. The zero-order chi connectivity index (χ0) is 26.3. The highest BCUT2D eigenvalue weighted by molar-refractivity contribution is 5.96. The van der Waals surface area contributed by atoms with Crippen molar-refractivity contribution in [3.05, 3.63) is 64.5 Å². The van der Waals surface area contributed by atoms with Gasteiger partial charge in [0.15, 0.2) is 23.2 Å². The van der Waals surface area contributed by atoms with Gasteiger partial charge in [-0.25, -0.2) is 18.7 Å². The predicted octanol–water partition coefficient (Wildman–Crippen LogP) is 5.45. The van der Waals surface area contributed by atoms with E-state index in [9.17, 15) is 18.8 Å². The number of pyridine rings is 1. The minimum atomic E-state index is -0.651. The number of rotatable bonds is 5. The van der Waals surface area contributed by atoms with Gasteiger partial charge in [-0.3, -0.25) is 4.79 Å². The Labute approximate surface area is 212 Å². The number of aromatic nitrogens is 3. The fourth-order valence-corrected chi connectivity index (χ4v) is 5.04. The average Bonchev–Trinajstić information content (AvgIpc) is 3.42. The number of nitrogens with one attached hydrogen (secondary N) is 3. The molecule has 0 spiro atoms. The third-order valence-corrected chi connectivity index (χ3v) is 6.71. The fraction of sp³-hybridized carbons (Fsp3) is 0.333. The summed E-state index contributed by atoms with van der Waals surface area (Å²) in [6.45, 7) is 5.16. The van der Waals surface area contributed by atoms with Crippen LogP contribution in [0.3, 0.4) is 0 Å². The van der Waals surface area contributed by atoms with Gasteiger partial charge in [0.25, 0.3) is 5.91 Å². The van der Waals surface area contributed by atoms with Crippen molar-refractivity contribution in [1.29, 1.82) is 5.26 Å². The highest BCUT2D eigenvalue weighted by Gasteiger charge is 2.27. The number of H-pyrrole nitrogens is 1. The zero-order valence-corrected chi connectivity index (χ0v) is 20.7. The van der Waals surface area contributed by atoms with Crippen molar-refractivity contribution in [2.24, 2.45) is 0 Å². The van der Waals surface area contributed by atoms with Gasteiger partial charge in [0.05, 0.1) is 16.8 Å². The molecule has 1 aromatic carbocycles. The van der Waals surface area contributed by atoms with Crippen molar-refractivity contribution in [3.63, 3.8) is 0 Å². The quantitative estimate of drug-likeness (QED) is 0.333. The van der Waals surface area contributed by atoms with E-state index in [4.69, 9.17) is 4.42 Å². The fourth-order valence-electron chi connectivity index (χ4n) is 5.04. The predicted molar refractivity (Wildman–Crippen MR) is 134 cm³/mol. The standard InChI is InChI=1S/C27H26F2N6O2/c1-13-7-19-20(12-31-25(19)21(28)8-13)24-16(11-30)9-22(29)26(35-24)33-17-5-4-6-18(10-17)34-27(36)23-14(2)37-15(3)32-23/h7-9,12,17-18,31H,4-6,10H2,1-3H3,(H,33,35)(H,34,36)/t17-,18-/m1/s1. The van der Waals surface area contributed by atoms with Crippen LogP contribution in [0.25, 0.3) is 22.2 Å². The number of nitriles is 1. The van der Waals surface area contributed by atoms with Gasteiger partial charge in [0, 0.05) is 36.2 Å². The van der Waals surface area contributed by atoms with Crippen LogP contribution in [-0.2, 0) is 0 Å². The molecule has 1 saturated carbocycles. The summed E-state index contributed by atoms with van der Waals surface area (Å²) in [5.41, 5.74) is 2.12. The lowest BCUT2D eigenvalue weighted by Gasteiger charge is -2.30. The van der Waals surface area contributed by atoms with Gasteiger partial charge in [0.1, 0.15) is 17.6 Å². The molecule has 1 amide bonds. The van der Waals surface area contributed by atoms with E-state index in [0.29, 0.717) is 34.5 Å². The van der Waals surface area contributed by atoms with Crippen LogP contribution < -0.4 is 10.6 Å². The van der Waals surface area contributed by atoms with E-state index in [-0.39, 0.29) is 40.8 Å². The van der Waals surface area contributed by atoms with E-state index in [0.717, 1.165) is 30.9 Å². The number of fused-ring (bicyclic) bond motifs is 1. The van der Waals surface area contributed by atoms with Crippen LogP contribution in [0, 0.1) is 43.7 Å². The third kappa shape index (κ3) is 4.77. The molecule has 0 aliphatic heterocycles. The summed E-state index contributed by atoms with van der Waals surface area (Å²) in [6.07, 6.45) is 4.52. The van der Waals surface area contributed by atoms with E-state index in [1.54, 1.807) is 33.0 Å². The Bertz CT molecular complexity index is 1550. The van der Waals surface area contributed by atoms with Crippen molar-refractivity contribution >= 4 is 22.6 Å². The summed E-state index contributed by atoms with van der Waals surface area (Å²) in [5, 5.41) is 16.4. The second-order valence-corrected chi connectivity index (χ2v) is 9.51. The normalized spacial score (nSPS) is 17.5. The van der Waals surface area contributed by atoms with E-state index in [1.165, 1.54) is 6.07 Å². The molecule has 4 aromatic rings. The topological polar surface area (TPSA) is 120 Å². The molecule has 1 aliphatic carbocycles. The van der Waals surface area contributed by atoms with E-state index >= 15 is 0 Å². The summed E-state index contributed by atoms with van der Waals surface area (Å²) in [6, 6.07) is 6.09. The SMILES string of the molecule is Cc1cc(F)c2[nH]cc(-c3nc(N[C@@H]4CCC[C@@H](NC(=O)c5nc(C)oc5C)C4)c(F)cc3C#N)c2c1. The monoisotopic (exact) mass is 504 g/mol. The molecule has 1 aliphatic rings. The number of nitrogens with zero attached hydrogens (tertiary/aromatic N) is 3. The Hall–Kier alpha value is -4.26. The number of oxazole rings is 1. The molecule has 0 saturated heterocycles. The maximum atomic E-state index is 15.0. The minimum Gasteiger partial charge on any atom is -0.445 e. The molecule has 3 N–H and O–H groups in total. The van der Waals surface area contributed by atoms with Crippen molar-refractivity contribution in [1.82, 2.24) is 20.3 Å². The highest BCUT2D eigenvalue weighted by atomic mass is 19.1. The second kappa shape index (κ2) is 9.65. The number of carbonyl (C=O) groups excluding carboxylic acids is 1. The molecule has 5 rings (SSSR count). The van der Waals surface area contributed by atoms with Gasteiger partial charge in [-0.1, -0.05) is 0 Å². The van der Waals surface area contributed by atoms with Crippen LogP contribution >= 0.6 is 0 Å². The lowest BCUT2D eigenvalue weighted by atomic mass is 9.90. The van der Waals surface area contributed by atoms with Crippen molar-refractivity contribution < 1.29 is 18.0 Å². The van der Waals surface area contributed by atoms with E-state index in [2.05, 4.69) is 25.6 Å². The summed E-state index contributed by atoms with van der Waals surface area (Å²) < 4.78 is 34.8. The minimum absolute atomic E-state index is 0.0106. The second-order valence-electron chi connectivity index (χ2n) is 9.51. The molecule has 8 nitrogen and oxygen atoms in total. The maximum absolute atomic E-state index is 15.0. The molecular weight excluding hydrogens is 478 g/mol. The van der Waals surface area contributed by atoms with Crippen molar-refractivity contribution in [3.8, 4) is 17.3 Å². The van der Waals surface area contributed by atoms with Gasteiger partial charge in [-0.05, 0) is 63.3 Å². The number of hydrogen-bond acceptors (Lipinski definition) is 6. The van der Waals surface area contributed by atoms with Gasteiger partial charge < -0.3 is 20.0 Å². The number of carbonyl (C=O) groups is 1. The van der Waals surface area contributed by atoms with Crippen LogP contribution in [-0.4, -0.2) is 32.9 Å². The first-order valence-corrected chi connectivity index (χ1v) is 12.1. The number of anilines is 1. The number of benzene rings is 1. The van der Waals surface area contributed by atoms with Crippen LogP contribution in [0.2, 0.25) is 0 Å². The number of halogens is 2. The molecule has 3 heterocycles. The molecular formula is C27H26F2N6O2. The van der Waals surface area contributed by atoms with E-state index < -0.39 is 11.6 Å². The summed E-state index contributed by atoms with van der Waals surface area (Å²) in [5.74, 6) is -0.460. The number of aryl methyl sites for hydroxylation is 3. The number of amides is 1. The van der Waals surface area contributed by atoms with Crippen molar-refractivity contribution in [2.45, 2.75) is 58.5 Å². The Kier molecular flexibility index (Phi) is 6.38. The maximum Gasteiger partial charge on any atom is 0.273 e. The van der Waals surface area contributed by atoms with Crippen LogP contribution in [0.1, 0.15) is 58.9 Å². The Morgan fingerprint density at radius 2 is 1.92 bits per heavy atom. The molecule has 10 heteroatoms. The molecule has 37 heavy (non-hydrogen) atoms. The molecule has 190 valence electrons. The summed E-state index contributed by atoms with van der Waals surface area (Å²) in [7, 11) is 0. The Morgan fingerprint density at radius 1 is 1.14 bits per heavy atom. The van der Waals surface area contributed by atoms with Gasteiger partial charge in [-0.15, -0.1) is 0 Å². The highest BCUT2D eigenvalue weighted by Crippen LogP contribution is 2.34. The number of aromatic amines is 1. The summed E-state index contributed by atoms with van der Waals surface area (Å²) >= 11 is 0. The van der Waals surface area contributed by atoms with Gasteiger partial charge in [-0.2, -0.15) is 5.26 Å². The average molecular weight is 505 g/mol. The molecule has 0 bridgehead atoms. The third-order valence-electron chi connectivity index (χ3n) is 6.71. The van der Waals surface area contributed by atoms with Gasteiger partial charge in [0.2, 0.25) is 0 Å². The molecule has 0 unspecified atom stereocenters. The van der Waals surface area contributed by atoms with Crippen LogP contribution in [0.5, 0.6) is 0 Å². The Morgan fingerprint density at radius 3 is 2.65 bits per heavy atom. The van der Waals surface area contributed by atoms with Crippen LogP contribution in [0.4, 0.5) is 14.6 Å². The Balaban J connectivity index is 1.39. The van der Waals surface area contributed by atoms with Crippen molar-refractivity contribution in [2.75, 3.05) is 5.32 Å². The first-order chi connectivity index (χ1) is 17.7. The van der Waals surface area contributed by atoms with E-state index in [1.807, 2.05) is 6.07 Å². The lowest BCUT2D eigenvalue weighted by molar-refractivity contribution is 0.0920. The number of hydrogen-bond donors (Lipinski definition) is 3. The molecule has 1 fully saturated rings. The molecule has 3 aromatic heterocycles. The largest absolute Gasteiger partial charge is 0.445 e. The lowest BCUT2D eigenvalue weighted by Crippen LogP contribution is -2.42. The smallest absolute Gasteiger partial charge is 0.273 e. The zero-order valence-electron chi connectivity index (χ0n) is 20.7. The van der Waals surface area contributed by atoms with Gasteiger partial charge >= 0.3 is 0 Å².